The lowest BCUT2D eigenvalue weighted by Crippen LogP contribution is -2.59. The van der Waals surface area contributed by atoms with Gasteiger partial charge in [-0.15, -0.1) is 0 Å². The van der Waals surface area contributed by atoms with Gasteiger partial charge in [-0.05, 0) is 53.1 Å². The highest BCUT2D eigenvalue weighted by molar-refractivity contribution is 5.81. The monoisotopic (exact) mass is 746 g/mol. The van der Waals surface area contributed by atoms with Gasteiger partial charge in [0.05, 0.1) is 47.7 Å². The Balaban J connectivity index is 1.67. The third kappa shape index (κ3) is 9.14. The summed E-state index contributed by atoms with van der Waals surface area (Å²) in [5.41, 5.74) is -2.32. The first-order valence-electron chi connectivity index (χ1n) is 15.7. The normalized spacial score (nSPS) is 19.4. The van der Waals surface area contributed by atoms with E-state index in [1.165, 1.54) is 21.3 Å². The smallest absolute Gasteiger partial charge is 0.338 e. The molecule has 1 fully saturated rings. The molecule has 0 amide bonds. The molecule has 1 aliphatic rings. The van der Waals surface area contributed by atoms with Gasteiger partial charge in [-0.2, -0.15) is 0 Å². The first-order chi connectivity index (χ1) is 25.0. The van der Waals surface area contributed by atoms with Gasteiger partial charge in [-0.25, -0.2) is 4.79 Å². The van der Waals surface area contributed by atoms with Crippen LogP contribution in [0.2, 0.25) is 0 Å². The summed E-state index contributed by atoms with van der Waals surface area (Å²) in [7, 11) is 4.57. The number of methoxy groups -OCH3 is 4. The lowest BCUT2D eigenvalue weighted by molar-refractivity contribution is -0.216. The number of ether oxygens (including phenoxy) is 7. The molecule has 53 heavy (non-hydrogen) atoms. The second-order valence-corrected chi connectivity index (χ2v) is 12.0. The minimum absolute atomic E-state index is 0.0477. The van der Waals surface area contributed by atoms with Crippen molar-refractivity contribution < 1.29 is 88.1 Å². The molecule has 1 aliphatic carbocycles. The van der Waals surface area contributed by atoms with Crippen LogP contribution in [0.3, 0.4) is 0 Å². The fraction of sp³-hybridized carbons (Fsp3) is 0.371. The third-order valence-corrected chi connectivity index (χ3v) is 8.20. The summed E-state index contributed by atoms with van der Waals surface area (Å²) in [6.07, 6.45) is -8.34. The number of aliphatic hydroxyl groups is 1. The van der Waals surface area contributed by atoms with E-state index >= 15 is 0 Å². The summed E-state index contributed by atoms with van der Waals surface area (Å²) in [4.78, 5) is 52.7. The van der Waals surface area contributed by atoms with Crippen molar-refractivity contribution in [2.45, 2.75) is 56.0 Å². The third-order valence-electron chi connectivity index (χ3n) is 8.20. The SMILES string of the molecule is COC(=O)C1(O)C[C@H](OC(=O)Cc2cc(O)c(OC)c(O)c2)C(OC(=O)Cc2cc(O)c(OC)c(O)c2)[C@@H](OC(=O)Cc2cc(O)c(OC)c(O)c2)C1. The molecule has 0 heterocycles. The van der Waals surface area contributed by atoms with Crippen LogP contribution < -0.4 is 14.2 Å². The molecule has 0 aliphatic heterocycles. The number of phenols is 6. The minimum Gasteiger partial charge on any atom is -0.504 e. The van der Waals surface area contributed by atoms with Crippen molar-refractivity contribution in [3.05, 3.63) is 53.1 Å². The highest BCUT2D eigenvalue weighted by Crippen LogP contribution is 2.40. The van der Waals surface area contributed by atoms with Crippen LogP contribution in [0.5, 0.6) is 51.7 Å². The van der Waals surface area contributed by atoms with E-state index in [1.807, 2.05) is 0 Å². The van der Waals surface area contributed by atoms with Crippen LogP contribution in [0, 0.1) is 0 Å². The van der Waals surface area contributed by atoms with Crippen molar-refractivity contribution in [3.63, 3.8) is 0 Å². The average molecular weight is 747 g/mol. The number of rotatable bonds is 13. The highest BCUT2D eigenvalue weighted by atomic mass is 16.6. The Kier molecular flexibility index (Phi) is 12.2. The maximum absolute atomic E-state index is 13.3. The zero-order valence-corrected chi connectivity index (χ0v) is 28.9. The maximum atomic E-state index is 13.3. The largest absolute Gasteiger partial charge is 0.504 e. The average Bonchev–Trinajstić information content (AvgIpc) is 3.05. The van der Waals surface area contributed by atoms with E-state index in [1.54, 1.807) is 0 Å². The predicted octanol–water partition coefficient (Wildman–Crippen LogP) is 1.41. The van der Waals surface area contributed by atoms with E-state index in [0.29, 0.717) is 0 Å². The number of carbonyl (C=O) groups excluding carboxylic acids is 4. The fourth-order valence-corrected chi connectivity index (χ4v) is 5.96. The molecule has 3 aromatic carbocycles. The number of phenolic OH excluding ortho intramolecular Hbond substituents is 6. The molecule has 3 aromatic rings. The van der Waals surface area contributed by atoms with Crippen LogP contribution in [-0.2, 0) is 57.4 Å². The van der Waals surface area contributed by atoms with Crippen molar-refractivity contribution in [2.24, 2.45) is 0 Å². The molecule has 0 spiro atoms. The number of benzene rings is 3. The molecule has 18 heteroatoms. The molecule has 0 bridgehead atoms. The minimum atomic E-state index is -2.46. The second kappa shape index (κ2) is 16.4. The standard InChI is InChI=1S/C35H38O18/c1-47-30-19(36)5-16(6-20(30)37)11-27(42)51-25-14-35(46,34(45)50-4)15-26(52-28(43)12-17-7-21(38)31(48-2)22(39)8-17)33(25)53-29(44)13-18-9-23(40)32(49-3)24(41)10-18/h5-10,25-26,33,36-41,46H,11-15H2,1-4H3/t25-,26-,33?,35?/m0/s1. The molecule has 286 valence electrons. The van der Waals surface area contributed by atoms with Gasteiger partial charge in [0.25, 0.3) is 0 Å². The lowest BCUT2D eigenvalue weighted by atomic mass is 9.79. The molecule has 1 saturated carbocycles. The number of aromatic hydroxyl groups is 6. The molecule has 2 atom stereocenters. The van der Waals surface area contributed by atoms with Gasteiger partial charge in [-0.1, -0.05) is 0 Å². The quantitative estimate of drug-likeness (QED) is 0.0962. The first-order valence-corrected chi connectivity index (χ1v) is 15.7. The number of hydrogen-bond donors (Lipinski definition) is 7. The Hall–Kier alpha value is -6.30. The summed E-state index contributed by atoms with van der Waals surface area (Å²) in [5, 5.41) is 72.5. The maximum Gasteiger partial charge on any atom is 0.338 e. The van der Waals surface area contributed by atoms with Crippen molar-refractivity contribution in [1.82, 2.24) is 0 Å². The fourth-order valence-electron chi connectivity index (χ4n) is 5.96. The van der Waals surface area contributed by atoms with Crippen LogP contribution in [0.1, 0.15) is 29.5 Å². The van der Waals surface area contributed by atoms with Gasteiger partial charge in [0.1, 0.15) is 12.2 Å². The molecule has 0 unspecified atom stereocenters. The van der Waals surface area contributed by atoms with E-state index in [2.05, 4.69) is 0 Å². The first kappa shape index (κ1) is 39.5. The summed E-state index contributed by atoms with van der Waals surface area (Å²) >= 11 is 0. The zero-order chi connectivity index (χ0) is 39.2. The zero-order valence-electron chi connectivity index (χ0n) is 28.9. The molecular weight excluding hydrogens is 708 g/mol. The van der Waals surface area contributed by atoms with Crippen LogP contribution >= 0.6 is 0 Å². The Morgan fingerprint density at radius 1 is 0.547 bits per heavy atom. The van der Waals surface area contributed by atoms with Gasteiger partial charge in [-0.3, -0.25) is 14.4 Å². The molecule has 0 saturated heterocycles. The van der Waals surface area contributed by atoms with E-state index in [0.717, 1.165) is 43.5 Å². The van der Waals surface area contributed by atoms with Crippen molar-refractivity contribution in [3.8, 4) is 51.7 Å². The Bertz CT molecular complexity index is 1710. The van der Waals surface area contributed by atoms with Gasteiger partial charge in [0.2, 0.25) is 17.2 Å². The molecule has 4 rings (SSSR count). The van der Waals surface area contributed by atoms with E-state index in [4.69, 9.17) is 33.2 Å². The Labute approximate surface area is 301 Å². The number of hydrogen-bond acceptors (Lipinski definition) is 18. The summed E-state index contributed by atoms with van der Waals surface area (Å²) in [5.74, 6) is -8.15. The van der Waals surface area contributed by atoms with Crippen LogP contribution in [0.4, 0.5) is 0 Å². The Morgan fingerprint density at radius 2 is 0.830 bits per heavy atom. The van der Waals surface area contributed by atoms with Crippen molar-refractivity contribution in [1.29, 1.82) is 0 Å². The lowest BCUT2D eigenvalue weighted by Gasteiger charge is -2.42. The number of carbonyl (C=O) groups is 4. The van der Waals surface area contributed by atoms with Gasteiger partial charge in [0.15, 0.2) is 46.2 Å². The van der Waals surface area contributed by atoms with Gasteiger partial charge >= 0.3 is 23.9 Å². The van der Waals surface area contributed by atoms with Crippen LogP contribution in [0.15, 0.2) is 36.4 Å². The topological polar surface area (TPSA) is 274 Å². The van der Waals surface area contributed by atoms with Gasteiger partial charge in [0, 0.05) is 12.8 Å². The van der Waals surface area contributed by atoms with Crippen LogP contribution in [-0.4, -0.2) is 112 Å². The second-order valence-electron chi connectivity index (χ2n) is 12.0. The summed E-state index contributed by atoms with van der Waals surface area (Å²) < 4.78 is 36.3. The molecular formula is C35H38O18. The Morgan fingerprint density at radius 3 is 1.09 bits per heavy atom. The molecule has 0 aromatic heterocycles. The molecule has 18 nitrogen and oxygen atoms in total. The summed E-state index contributed by atoms with van der Waals surface area (Å²) in [6, 6.07) is 6.68. The number of esters is 4. The van der Waals surface area contributed by atoms with Crippen molar-refractivity contribution >= 4 is 23.9 Å². The predicted molar refractivity (Wildman–Crippen MR) is 176 cm³/mol. The highest BCUT2D eigenvalue weighted by Gasteiger charge is 2.55. The van der Waals surface area contributed by atoms with Crippen LogP contribution in [0.25, 0.3) is 0 Å². The van der Waals surface area contributed by atoms with Gasteiger partial charge < -0.3 is 68.9 Å². The van der Waals surface area contributed by atoms with E-state index in [9.17, 15) is 54.9 Å². The van der Waals surface area contributed by atoms with E-state index < -0.39 is 114 Å². The van der Waals surface area contributed by atoms with E-state index in [-0.39, 0.29) is 33.9 Å². The molecule has 0 radical (unpaired) electrons. The summed E-state index contributed by atoms with van der Waals surface area (Å²) in [6.45, 7) is 0. The molecule has 7 N–H and O–H groups in total. The van der Waals surface area contributed by atoms with Crippen molar-refractivity contribution in [2.75, 3.05) is 28.4 Å².